The third-order valence-corrected chi connectivity index (χ3v) is 4.60. The SMILES string of the molecule is CC(c1nccs1)N(C)C(=O)c1coc(COc2ccc(F)cc2)n1. The van der Waals surface area contributed by atoms with Gasteiger partial charge in [-0.3, -0.25) is 4.79 Å². The van der Waals surface area contributed by atoms with E-state index in [1.165, 1.54) is 41.9 Å². The predicted octanol–water partition coefficient (Wildman–Crippen LogP) is 3.68. The summed E-state index contributed by atoms with van der Waals surface area (Å²) in [6.45, 7) is 1.94. The summed E-state index contributed by atoms with van der Waals surface area (Å²) in [5.74, 6) is 0.151. The van der Waals surface area contributed by atoms with E-state index in [2.05, 4.69) is 9.97 Å². The van der Waals surface area contributed by atoms with Crippen LogP contribution in [0.1, 0.15) is 34.4 Å². The van der Waals surface area contributed by atoms with Crippen LogP contribution in [0.4, 0.5) is 4.39 Å². The molecule has 0 fully saturated rings. The number of amides is 1. The van der Waals surface area contributed by atoms with Gasteiger partial charge in [0.05, 0.1) is 6.04 Å². The highest BCUT2D eigenvalue weighted by molar-refractivity contribution is 7.09. The fourth-order valence-corrected chi connectivity index (χ4v) is 2.85. The van der Waals surface area contributed by atoms with Crippen molar-refractivity contribution < 1.29 is 18.3 Å². The topological polar surface area (TPSA) is 68.5 Å². The Labute approximate surface area is 147 Å². The summed E-state index contributed by atoms with van der Waals surface area (Å²) in [6, 6.07) is 5.45. The Bertz CT molecular complexity index is 833. The average Bonchev–Trinajstić information content (AvgIpc) is 3.31. The van der Waals surface area contributed by atoms with Crippen LogP contribution in [0.15, 0.2) is 46.5 Å². The number of oxazole rings is 1. The molecule has 2 aromatic heterocycles. The maximum atomic E-state index is 12.9. The second-order valence-corrected chi connectivity index (χ2v) is 6.26. The fourth-order valence-electron chi connectivity index (χ4n) is 2.11. The standard InChI is InChI=1S/C17H16FN3O3S/c1-11(16-19-7-8-25-16)21(2)17(22)14-9-24-15(20-14)10-23-13-5-3-12(18)4-6-13/h3-9,11H,10H2,1-2H3. The molecular weight excluding hydrogens is 345 g/mol. The molecule has 1 amide bonds. The first-order valence-electron chi connectivity index (χ1n) is 7.54. The predicted molar refractivity (Wildman–Crippen MR) is 89.9 cm³/mol. The van der Waals surface area contributed by atoms with Crippen LogP contribution in [-0.4, -0.2) is 27.8 Å². The first-order valence-corrected chi connectivity index (χ1v) is 8.42. The van der Waals surface area contributed by atoms with Crippen LogP contribution in [0, 0.1) is 5.82 Å². The van der Waals surface area contributed by atoms with Gasteiger partial charge in [0.15, 0.2) is 12.3 Å². The van der Waals surface area contributed by atoms with E-state index < -0.39 is 0 Å². The van der Waals surface area contributed by atoms with Crippen molar-refractivity contribution in [2.45, 2.75) is 19.6 Å². The molecule has 8 heteroatoms. The van der Waals surface area contributed by atoms with Crippen LogP contribution in [0.2, 0.25) is 0 Å². The number of hydrogen-bond acceptors (Lipinski definition) is 6. The van der Waals surface area contributed by atoms with Crippen molar-refractivity contribution in [1.82, 2.24) is 14.9 Å². The zero-order chi connectivity index (χ0) is 17.8. The highest BCUT2D eigenvalue weighted by atomic mass is 32.1. The van der Waals surface area contributed by atoms with Gasteiger partial charge in [-0.1, -0.05) is 0 Å². The number of halogens is 1. The molecule has 1 aromatic carbocycles. The van der Waals surface area contributed by atoms with E-state index in [-0.39, 0.29) is 36.0 Å². The summed E-state index contributed by atoms with van der Waals surface area (Å²) in [4.78, 5) is 22.4. The van der Waals surface area contributed by atoms with E-state index in [4.69, 9.17) is 9.15 Å². The Kier molecular flexibility index (Phi) is 5.08. The summed E-state index contributed by atoms with van der Waals surface area (Å²) in [7, 11) is 1.69. The van der Waals surface area contributed by atoms with Gasteiger partial charge in [0.2, 0.25) is 5.89 Å². The highest BCUT2D eigenvalue weighted by Gasteiger charge is 2.23. The molecule has 0 N–H and O–H groups in total. The van der Waals surface area contributed by atoms with Gasteiger partial charge in [-0.2, -0.15) is 0 Å². The molecule has 0 saturated carbocycles. The number of ether oxygens (including phenoxy) is 1. The smallest absolute Gasteiger partial charge is 0.276 e. The van der Waals surface area contributed by atoms with Crippen LogP contribution < -0.4 is 4.74 Å². The second kappa shape index (κ2) is 7.43. The first kappa shape index (κ1) is 17.1. The Morgan fingerprint density at radius 1 is 1.40 bits per heavy atom. The summed E-state index contributed by atoms with van der Waals surface area (Å²) in [5, 5.41) is 2.71. The van der Waals surface area contributed by atoms with Crippen molar-refractivity contribution >= 4 is 17.2 Å². The lowest BCUT2D eigenvalue weighted by atomic mass is 10.3. The zero-order valence-electron chi connectivity index (χ0n) is 13.7. The molecule has 6 nitrogen and oxygen atoms in total. The van der Waals surface area contributed by atoms with Crippen LogP contribution in [-0.2, 0) is 6.61 Å². The van der Waals surface area contributed by atoms with Gasteiger partial charge < -0.3 is 14.1 Å². The molecular formula is C17H16FN3O3S. The van der Waals surface area contributed by atoms with E-state index in [0.29, 0.717) is 5.75 Å². The molecule has 3 rings (SSSR count). The molecule has 0 aliphatic rings. The quantitative estimate of drug-likeness (QED) is 0.670. The Morgan fingerprint density at radius 2 is 2.16 bits per heavy atom. The zero-order valence-corrected chi connectivity index (χ0v) is 14.5. The third-order valence-electron chi connectivity index (χ3n) is 3.66. The van der Waals surface area contributed by atoms with Crippen LogP contribution in [0.25, 0.3) is 0 Å². The Morgan fingerprint density at radius 3 is 2.84 bits per heavy atom. The number of benzene rings is 1. The number of thiazole rings is 1. The number of carbonyl (C=O) groups is 1. The minimum atomic E-state index is -0.339. The summed E-state index contributed by atoms with van der Waals surface area (Å²) < 4.78 is 23.6. The minimum Gasteiger partial charge on any atom is -0.484 e. The fraction of sp³-hybridized carbons (Fsp3) is 0.235. The molecule has 0 spiro atoms. The largest absolute Gasteiger partial charge is 0.484 e. The number of nitrogens with zero attached hydrogens (tertiary/aromatic N) is 3. The summed E-state index contributed by atoms with van der Waals surface area (Å²) in [6.07, 6.45) is 3.01. The Balaban J connectivity index is 1.62. The highest BCUT2D eigenvalue weighted by Crippen LogP contribution is 2.22. The number of rotatable bonds is 6. The maximum absolute atomic E-state index is 12.9. The van der Waals surface area contributed by atoms with Crippen LogP contribution in [0.5, 0.6) is 5.75 Å². The van der Waals surface area contributed by atoms with E-state index in [0.717, 1.165) is 5.01 Å². The third kappa shape index (κ3) is 4.03. The number of hydrogen-bond donors (Lipinski definition) is 0. The second-order valence-electron chi connectivity index (χ2n) is 5.33. The molecule has 25 heavy (non-hydrogen) atoms. The first-order chi connectivity index (χ1) is 12.0. The van der Waals surface area contributed by atoms with E-state index >= 15 is 0 Å². The molecule has 0 saturated heterocycles. The molecule has 2 heterocycles. The molecule has 130 valence electrons. The molecule has 0 aliphatic heterocycles. The van der Waals surface area contributed by atoms with Crippen molar-refractivity contribution in [3.63, 3.8) is 0 Å². The molecule has 0 radical (unpaired) electrons. The van der Waals surface area contributed by atoms with Gasteiger partial charge in [0.25, 0.3) is 5.91 Å². The summed E-state index contributed by atoms with van der Waals surface area (Å²) in [5.41, 5.74) is 0.198. The van der Waals surface area contributed by atoms with E-state index in [1.807, 2.05) is 12.3 Å². The van der Waals surface area contributed by atoms with Gasteiger partial charge in [-0.05, 0) is 31.2 Å². The van der Waals surface area contributed by atoms with Crippen LogP contribution in [0.3, 0.4) is 0 Å². The monoisotopic (exact) mass is 361 g/mol. The maximum Gasteiger partial charge on any atom is 0.276 e. The van der Waals surface area contributed by atoms with E-state index in [9.17, 15) is 9.18 Å². The molecule has 0 aliphatic carbocycles. The average molecular weight is 361 g/mol. The normalized spacial score (nSPS) is 12.0. The van der Waals surface area contributed by atoms with Gasteiger partial charge in [-0.25, -0.2) is 14.4 Å². The van der Waals surface area contributed by atoms with Crippen molar-refractivity contribution in [3.05, 3.63) is 64.5 Å². The van der Waals surface area contributed by atoms with Crippen molar-refractivity contribution in [3.8, 4) is 5.75 Å². The molecule has 1 unspecified atom stereocenters. The lowest BCUT2D eigenvalue weighted by molar-refractivity contribution is 0.0736. The lowest BCUT2D eigenvalue weighted by Crippen LogP contribution is -2.29. The minimum absolute atomic E-state index is 0.0463. The van der Waals surface area contributed by atoms with Gasteiger partial charge >= 0.3 is 0 Å². The Hall–Kier alpha value is -2.74. The summed E-state index contributed by atoms with van der Waals surface area (Å²) >= 11 is 1.49. The molecule has 1 atom stereocenters. The van der Waals surface area contributed by atoms with Crippen molar-refractivity contribution in [2.75, 3.05) is 7.05 Å². The van der Waals surface area contributed by atoms with Gasteiger partial charge in [0.1, 0.15) is 22.8 Å². The molecule has 3 aromatic rings. The van der Waals surface area contributed by atoms with Gasteiger partial charge in [0, 0.05) is 18.6 Å². The van der Waals surface area contributed by atoms with Crippen molar-refractivity contribution in [2.24, 2.45) is 0 Å². The number of carbonyl (C=O) groups excluding carboxylic acids is 1. The van der Waals surface area contributed by atoms with Gasteiger partial charge in [-0.15, -0.1) is 11.3 Å². The van der Waals surface area contributed by atoms with E-state index in [1.54, 1.807) is 18.1 Å². The molecule has 0 bridgehead atoms. The number of aromatic nitrogens is 2. The lowest BCUT2D eigenvalue weighted by Gasteiger charge is -2.21. The van der Waals surface area contributed by atoms with Crippen molar-refractivity contribution in [1.29, 1.82) is 0 Å². The van der Waals surface area contributed by atoms with Crippen LogP contribution >= 0.6 is 11.3 Å².